The molecule has 0 unspecified atom stereocenters. The van der Waals surface area contributed by atoms with Gasteiger partial charge in [0.1, 0.15) is 0 Å². The lowest BCUT2D eigenvalue weighted by molar-refractivity contribution is -0.385. The molecular formula is C20H21ClN4O4. The molecule has 0 bridgehead atoms. The van der Waals surface area contributed by atoms with Crippen LogP contribution in [0.5, 0.6) is 0 Å². The molecule has 0 aliphatic carbocycles. The van der Waals surface area contributed by atoms with Gasteiger partial charge in [-0.15, -0.1) is 0 Å². The molecule has 1 N–H and O–H groups in total. The molecule has 29 heavy (non-hydrogen) atoms. The summed E-state index contributed by atoms with van der Waals surface area (Å²) in [5.41, 5.74) is 2.09. The molecule has 152 valence electrons. The first-order valence-electron chi connectivity index (χ1n) is 9.12. The zero-order valence-corrected chi connectivity index (χ0v) is 16.9. The second-order valence-corrected chi connectivity index (χ2v) is 7.28. The van der Waals surface area contributed by atoms with Crippen molar-refractivity contribution in [2.45, 2.75) is 13.8 Å². The van der Waals surface area contributed by atoms with Crippen LogP contribution in [0, 0.1) is 17.0 Å². The molecule has 0 aromatic heterocycles. The summed E-state index contributed by atoms with van der Waals surface area (Å²) >= 11 is 6.42. The summed E-state index contributed by atoms with van der Waals surface area (Å²) in [7, 11) is 0. The van der Waals surface area contributed by atoms with E-state index in [9.17, 15) is 19.7 Å². The Kier molecular flexibility index (Phi) is 6.03. The number of nitrogens with one attached hydrogen (secondary N) is 1. The van der Waals surface area contributed by atoms with E-state index >= 15 is 0 Å². The molecule has 1 aliphatic heterocycles. The summed E-state index contributed by atoms with van der Waals surface area (Å²) in [6.45, 7) is 5.81. The number of nitro benzene ring substituents is 1. The van der Waals surface area contributed by atoms with Gasteiger partial charge in [0.15, 0.2) is 0 Å². The highest BCUT2D eigenvalue weighted by molar-refractivity contribution is 6.33. The van der Waals surface area contributed by atoms with Crippen molar-refractivity contribution in [1.82, 2.24) is 4.90 Å². The molecule has 0 atom stereocenters. The van der Waals surface area contributed by atoms with Gasteiger partial charge >= 0.3 is 0 Å². The predicted molar refractivity (Wildman–Crippen MR) is 112 cm³/mol. The van der Waals surface area contributed by atoms with Gasteiger partial charge in [0.25, 0.3) is 11.6 Å². The van der Waals surface area contributed by atoms with Gasteiger partial charge in [-0.1, -0.05) is 11.6 Å². The van der Waals surface area contributed by atoms with Crippen LogP contribution in [0.3, 0.4) is 0 Å². The smallest absolute Gasteiger partial charge is 0.272 e. The van der Waals surface area contributed by atoms with Gasteiger partial charge in [-0.05, 0) is 37.3 Å². The number of carbonyl (C=O) groups is 2. The van der Waals surface area contributed by atoms with Gasteiger partial charge in [-0.3, -0.25) is 19.7 Å². The first-order valence-corrected chi connectivity index (χ1v) is 9.50. The third-order valence-corrected chi connectivity index (χ3v) is 5.23. The van der Waals surface area contributed by atoms with Gasteiger partial charge in [0.05, 0.1) is 15.6 Å². The lowest BCUT2D eigenvalue weighted by Gasteiger charge is -2.36. The molecule has 1 heterocycles. The van der Waals surface area contributed by atoms with Gasteiger partial charge in [-0.2, -0.15) is 0 Å². The minimum absolute atomic E-state index is 0.0289. The predicted octanol–water partition coefficient (Wildman–Crippen LogP) is 3.48. The van der Waals surface area contributed by atoms with Crippen molar-refractivity contribution in [3.63, 3.8) is 0 Å². The average Bonchev–Trinajstić information content (AvgIpc) is 2.67. The SMILES string of the molecule is CC(=O)N1CCN(c2ccc(NC(=O)c3ccc([N+](=O)[O-])c(C)c3)cc2Cl)CC1. The number of nitrogens with zero attached hydrogens (tertiary/aromatic N) is 3. The average molecular weight is 417 g/mol. The van der Waals surface area contributed by atoms with Crippen LogP contribution in [0.1, 0.15) is 22.8 Å². The number of halogens is 1. The molecule has 2 aromatic carbocycles. The quantitative estimate of drug-likeness (QED) is 0.608. The Hall–Kier alpha value is -3.13. The molecular weight excluding hydrogens is 396 g/mol. The van der Waals surface area contributed by atoms with E-state index in [2.05, 4.69) is 10.2 Å². The van der Waals surface area contributed by atoms with E-state index < -0.39 is 4.92 Å². The summed E-state index contributed by atoms with van der Waals surface area (Å²) in [6, 6.07) is 9.49. The number of benzene rings is 2. The number of amides is 2. The number of hydrogen-bond donors (Lipinski definition) is 1. The van der Waals surface area contributed by atoms with Crippen molar-refractivity contribution in [1.29, 1.82) is 0 Å². The van der Waals surface area contributed by atoms with Crippen LogP contribution in [0.4, 0.5) is 17.1 Å². The Morgan fingerprint density at radius 1 is 1.10 bits per heavy atom. The maximum Gasteiger partial charge on any atom is 0.272 e. The minimum atomic E-state index is -0.480. The molecule has 0 spiro atoms. The topological polar surface area (TPSA) is 95.8 Å². The van der Waals surface area contributed by atoms with E-state index in [1.807, 2.05) is 6.07 Å². The van der Waals surface area contributed by atoms with Crippen molar-refractivity contribution in [3.05, 3.63) is 62.7 Å². The van der Waals surface area contributed by atoms with Crippen LogP contribution < -0.4 is 10.2 Å². The van der Waals surface area contributed by atoms with Gasteiger partial charge in [0, 0.05) is 56.0 Å². The van der Waals surface area contributed by atoms with Gasteiger partial charge in [-0.25, -0.2) is 0 Å². The number of carbonyl (C=O) groups excluding carboxylic acids is 2. The normalized spacial score (nSPS) is 13.9. The largest absolute Gasteiger partial charge is 0.367 e. The van der Waals surface area contributed by atoms with Crippen molar-refractivity contribution in [2.75, 3.05) is 36.4 Å². The Morgan fingerprint density at radius 3 is 2.34 bits per heavy atom. The highest BCUT2D eigenvalue weighted by Gasteiger charge is 2.21. The fourth-order valence-corrected chi connectivity index (χ4v) is 3.61. The Balaban J connectivity index is 1.69. The molecule has 0 saturated carbocycles. The highest BCUT2D eigenvalue weighted by Crippen LogP contribution is 2.30. The zero-order chi connectivity index (χ0) is 21.1. The molecule has 2 amide bonds. The first-order chi connectivity index (χ1) is 13.8. The summed E-state index contributed by atoms with van der Waals surface area (Å²) in [5.74, 6) is -0.308. The van der Waals surface area contributed by atoms with Gasteiger partial charge < -0.3 is 15.1 Å². The number of anilines is 2. The molecule has 9 heteroatoms. The van der Waals surface area contributed by atoms with Crippen LogP contribution >= 0.6 is 11.6 Å². The molecule has 8 nitrogen and oxygen atoms in total. The van der Waals surface area contributed by atoms with Crippen molar-refractivity contribution in [3.8, 4) is 0 Å². The van der Waals surface area contributed by atoms with Crippen molar-refractivity contribution >= 4 is 40.5 Å². The standard InChI is InChI=1S/C20H21ClN4O4/c1-13-11-15(3-5-18(13)25(28)29)20(27)22-16-4-6-19(17(21)12-16)24-9-7-23(8-10-24)14(2)26/h3-6,11-12H,7-10H2,1-2H3,(H,22,27). The van der Waals surface area contributed by atoms with Gasteiger partial charge in [0.2, 0.25) is 5.91 Å². The Bertz CT molecular complexity index is 971. The number of nitro groups is 1. The number of piperazine rings is 1. The van der Waals surface area contributed by atoms with Crippen LogP contribution in [0.2, 0.25) is 5.02 Å². The first kappa shape index (κ1) is 20.6. The molecule has 1 saturated heterocycles. The van der Waals surface area contributed by atoms with E-state index in [1.54, 1.807) is 30.9 Å². The third kappa shape index (κ3) is 4.65. The van der Waals surface area contributed by atoms with E-state index in [-0.39, 0.29) is 17.5 Å². The summed E-state index contributed by atoms with van der Waals surface area (Å²) in [6.07, 6.45) is 0. The molecule has 3 rings (SSSR count). The Labute approximate surface area is 173 Å². The zero-order valence-electron chi connectivity index (χ0n) is 16.1. The Morgan fingerprint density at radius 2 is 1.79 bits per heavy atom. The maximum atomic E-state index is 12.5. The fourth-order valence-electron chi connectivity index (χ4n) is 3.31. The maximum absolute atomic E-state index is 12.5. The number of aryl methyl sites for hydroxylation is 1. The fraction of sp³-hybridized carbons (Fsp3) is 0.300. The lowest BCUT2D eigenvalue weighted by atomic mass is 10.1. The van der Waals surface area contributed by atoms with E-state index in [1.165, 1.54) is 18.2 Å². The van der Waals surface area contributed by atoms with Crippen molar-refractivity contribution in [2.24, 2.45) is 0 Å². The summed E-state index contributed by atoms with van der Waals surface area (Å²) < 4.78 is 0. The molecule has 0 radical (unpaired) electrons. The summed E-state index contributed by atoms with van der Waals surface area (Å²) in [4.78, 5) is 38.3. The van der Waals surface area contributed by atoms with Crippen LogP contribution in [-0.4, -0.2) is 47.8 Å². The molecule has 2 aromatic rings. The van der Waals surface area contributed by atoms with E-state index in [0.717, 1.165) is 5.69 Å². The van der Waals surface area contributed by atoms with E-state index in [4.69, 9.17) is 11.6 Å². The van der Waals surface area contributed by atoms with Crippen LogP contribution in [-0.2, 0) is 4.79 Å². The van der Waals surface area contributed by atoms with E-state index in [0.29, 0.717) is 48.0 Å². The molecule has 1 aliphatic rings. The van der Waals surface area contributed by atoms with Crippen LogP contribution in [0.25, 0.3) is 0 Å². The lowest BCUT2D eigenvalue weighted by Crippen LogP contribution is -2.48. The second-order valence-electron chi connectivity index (χ2n) is 6.87. The third-order valence-electron chi connectivity index (χ3n) is 4.93. The van der Waals surface area contributed by atoms with Crippen molar-refractivity contribution < 1.29 is 14.5 Å². The highest BCUT2D eigenvalue weighted by atomic mass is 35.5. The van der Waals surface area contributed by atoms with Crippen LogP contribution in [0.15, 0.2) is 36.4 Å². The monoisotopic (exact) mass is 416 g/mol. The second kappa shape index (κ2) is 8.48. The molecule has 1 fully saturated rings. The number of rotatable bonds is 4. The minimum Gasteiger partial charge on any atom is -0.367 e. The summed E-state index contributed by atoms with van der Waals surface area (Å²) in [5, 5.41) is 14.2. The number of hydrogen-bond acceptors (Lipinski definition) is 5.